The molecular weight excluding hydrogens is 298 g/mol. The highest BCUT2D eigenvalue weighted by molar-refractivity contribution is 5.54. The van der Waals surface area contributed by atoms with Gasteiger partial charge in [-0.25, -0.2) is 4.98 Å². The summed E-state index contributed by atoms with van der Waals surface area (Å²) in [5.41, 5.74) is 2.85. The van der Waals surface area contributed by atoms with Crippen LogP contribution in [0.4, 0.5) is 0 Å². The van der Waals surface area contributed by atoms with Crippen LogP contribution in [0.5, 0.6) is 0 Å². The van der Waals surface area contributed by atoms with E-state index in [1.807, 2.05) is 48.5 Å². The fourth-order valence-corrected chi connectivity index (χ4v) is 2.67. The summed E-state index contributed by atoms with van der Waals surface area (Å²) in [6, 6.07) is 21.6. The number of hydrogen-bond donors (Lipinski definition) is 1. The average Bonchev–Trinajstić information content (AvgIpc) is 2.62. The van der Waals surface area contributed by atoms with Gasteiger partial charge in [0.05, 0.1) is 5.69 Å². The molecule has 0 aliphatic heterocycles. The van der Waals surface area contributed by atoms with E-state index in [2.05, 4.69) is 33.9 Å². The molecule has 2 aromatic carbocycles. The second kappa shape index (κ2) is 7.70. The van der Waals surface area contributed by atoms with Gasteiger partial charge in [-0.15, -0.1) is 0 Å². The van der Waals surface area contributed by atoms with Crippen molar-refractivity contribution in [2.24, 2.45) is 0 Å². The Kier molecular flexibility index (Phi) is 5.18. The summed E-state index contributed by atoms with van der Waals surface area (Å²) in [6.45, 7) is 4.50. The van der Waals surface area contributed by atoms with Gasteiger partial charge in [0.25, 0.3) is 5.56 Å². The number of nitrogens with zero attached hydrogens (tertiary/aromatic N) is 2. The van der Waals surface area contributed by atoms with E-state index >= 15 is 0 Å². The van der Waals surface area contributed by atoms with Crippen LogP contribution in [0.1, 0.15) is 18.2 Å². The first-order valence-electron chi connectivity index (χ1n) is 8.16. The van der Waals surface area contributed by atoms with Crippen molar-refractivity contribution in [3.63, 3.8) is 0 Å². The molecule has 24 heavy (non-hydrogen) atoms. The molecule has 1 N–H and O–H groups in total. The van der Waals surface area contributed by atoms with Crippen LogP contribution in [0.2, 0.25) is 0 Å². The number of hydrogen-bond acceptors (Lipinski definition) is 3. The summed E-state index contributed by atoms with van der Waals surface area (Å²) in [4.78, 5) is 21.7. The van der Waals surface area contributed by atoms with Crippen LogP contribution in [0.25, 0.3) is 11.4 Å². The Labute approximate surface area is 141 Å². The van der Waals surface area contributed by atoms with E-state index in [9.17, 15) is 4.79 Å². The van der Waals surface area contributed by atoms with Gasteiger partial charge in [-0.2, -0.15) is 0 Å². The lowest BCUT2D eigenvalue weighted by Gasteiger charge is -2.20. The molecule has 1 heterocycles. The van der Waals surface area contributed by atoms with E-state index in [0.29, 0.717) is 12.4 Å². The molecule has 0 saturated heterocycles. The zero-order valence-electron chi connectivity index (χ0n) is 13.8. The maximum atomic E-state index is 12.0. The minimum Gasteiger partial charge on any atom is -0.307 e. The molecule has 0 fully saturated rings. The number of aromatic nitrogens is 2. The Balaban J connectivity index is 1.81. The molecule has 0 atom stereocenters. The molecule has 0 aliphatic rings. The van der Waals surface area contributed by atoms with E-state index < -0.39 is 0 Å². The minimum absolute atomic E-state index is 0.116. The lowest BCUT2D eigenvalue weighted by molar-refractivity contribution is 0.268. The molecule has 0 saturated carbocycles. The first-order chi connectivity index (χ1) is 11.7. The number of H-pyrrole nitrogens is 1. The maximum absolute atomic E-state index is 12.0. The number of benzene rings is 2. The zero-order valence-corrected chi connectivity index (χ0v) is 13.8. The van der Waals surface area contributed by atoms with Crippen LogP contribution in [-0.2, 0) is 13.1 Å². The largest absolute Gasteiger partial charge is 0.307 e. The van der Waals surface area contributed by atoms with Gasteiger partial charge in [0.1, 0.15) is 5.82 Å². The summed E-state index contributed by atoms with van der Waals surface area (Å²) < 4.78 is 0. The van der Waals surface area contributed by atoms with E-state index in [1.54, 1.807) is 6.07 Å². The zero-order chi connectivity index (χ0) is 16.8. The van der Waals surface area contributed by atoms with Crippen molar-refractivity contribution in [1.29, 1.82) is 0 Å². The Bertz CT molecular complexity index is 828. The van der Waals surface area contributed by atoms with Crippen LogP contribution in [0.3, 0.4) is 0 Å². The van der Waals surface area contributed by atoms with E-state index in [4.69, 9.17) is 0 Å². The van der Waals surface area contributed by atoms with E-state index in [1.165, 1.54) is 5.56 Å². The van der Waals surface area contributed by atoms with Gasteiger partial charge in [0.2, 0.25) is 0 Å². The predicted molar refractivity (Wildman–Crippen MR) is 96.5 cm³/mol. The molecular formula is C20H21N3O. The van der Waals surface area contributed by atoms with Gasteiger partial charge in [-0.3, -0.25) is 9.69 Å². The third-order valence-corrected chi connectivity index (χ3v) is 3.92. The molecule has 4 nitrogen and oxygen atoms in total. The fourth-order valence-electron chi connectivity index (χ4n) is 2.67. The summed E-state index contributed by atoms with van der Waals surface area (Å²) in [5.74, 6) is 0.619. The third kappa shape index (κ3) is 4.18. The molecule has 0 amide bonds. The third-order valence-electron chi connectivity index (χ3n) is 3.92. The molecule has 1 aromatic heterocycles. The summed E-state index contributed by atoms with van der Waals surface area (Å²) in [5, 5.41) is 0. The van der Waals surface area contributed by atoms with Crippen LogP contribution in [-0.4, -0.2) is 21.4 Å². The second-order valence-electron chi connectivity index (χ2n) is 5.74. The van der Waals surface area contributed by atoms with Crippen molar-refractivity contribution in [3.8, 4) is 11.4 Å². The minimum atomic E-state index is -0.116. The monoisotopic (exact) mass is 319 g/mol. The molecule has 3 aromatic rings. The Hall–Kier alpha value is -2.72. The molecule has 0 aliphatic carbocycles. The van der Waals surface area contributed by atoms with Crippen molar-refractivity contribution in [2.75, 3.05) is 6.54 Å². The standard InChI is InChI=1S/C20H21N3O/c1-2-23(14-16-9-5-3-6-10-16)15-18-13-19(24)22-20(21-18)17-11-7-4-8-12-17/h3-13H,2,14-15H2,1H3,(H,21,22,24). The van der Waals surface area contributed by atoms with Crippen molar-refractivity contribution in [3.05, 3.63) is 88.3 Å². The van der Waals surface area contributed by atoms with Crippen LogP contribution in [0.15, 0.2) is 71.5 Å². The molecule has 122 valence electrons. The topological polar surface area (TPSA) is 49.0 Å². The van der Waals surface area contributed by atoms with Crippen LogP contribution >= 0.6 is 0 Å². The highest BCUT2D eigenvalue weighted by atomic mass is 16.1. The van der Waals surface area contributed by atoms with Gasteiger partial charge in [-0.05, 0) is 12.1 Å². The molecule has 0 radical (unpaired) electrons. The summed E-state index contributed by atoms with van der Waals surface area (Å²) >= 11 is 0. The highest BCUT2D eigenvalue weighted by Crippen LogP contribution is 2.14. The van der Waals surface area contributed by atoms with Gasteiger partial charge in [0, 0.05) is 24.7 Å². The summed E-state index contributed by atoms with van der Waals surface area (Å²) in [7, 11) is 0. The molecule has 3 rings (SSSR count). The fraction of sp³-hybridized carbons (Fsp3) is 0.200. The quantitative estimate of drug-likeness (QED) is 0.757. The number of aromatic amines is 1. The van der Waals surface area contributed by atoms with E-state index in [0.717, 1.165) is 24.3 Å². The Morgan fingerprint density at radius 1 is 0.958 bits per heavy atom. The number of nitrogens with one attached hydrogen (secondary N) is 1. The van der Waals surface area contributed by atoms with Gasteiger partial charge < -0.3 is 4.98 Å². The van der Waals surface area contributed by atoms with Crippen molar-refractivity contribution < 1.29 is 0 Å². The van der Waals surface area contributed by atoms with Crippen molar-refractivity contribution >= 4 is 0 Å². The van der Waals surface area contributed by atoms with Crippen molar-refractivity contribution in [1.82, 2.24) is 14.9 Å². The smallest absolute Gasteiger partial charge is 0.251 e. The lowest BCUT2D eigenvalue weighted by Crippen LogP contribution is -2.24. The van der Waals surface area contributed by atoms with Gasteiger partial charge in [-0.1, -0.05) is 67.6 Å². The number of rotatable bonds is 6. The maximum Gasteiger partial charge on any atom is 0.251 e. The summed E-state index contributed by atoms with van der Waals surface area (Å²) in [6.07, 6.45) is 0. The first-order valence-corrected chi connectivity index (χ1v) is 8.16. The van der Waals surface area contributed by atoms with Crippen molar-refractivity contribution in [2.45, 2.75) is 20.0 Å². The normalized spacial score (nSPS) is 10.9. The van der Waals surface area contributed by atoms with Crippen LogP contribution in [0, 0.1) is 0 Å². The SMILES string of the molecule is CCN(Cc1ccccc1)Cc1cc(=O)[nH]c(-c2ccccc2)n1. The Morgan fingerprint density at radius 3 is 2.29 bits per heavy atom. The molecule has 4 heteroatoms. The lowest BCUT2D eigenvalue weighted by atomic mass is 10.2. The molecule has 0 bridgehead atoms. The Morgan fingerprint density at radius 2 is 1.62 bits per heavy atom. The highest BCUT2D eigenvalue weighted by Gasteiger charge is 2.09. The predicted octanol–water partition coefficient (Wildman–Crippen LogP) is 3.46. The molecule has 0 unspecified atom stereocenters. The first kappa shape index (κ1) is 16.1. The average molecular weight is 319 g/mol. The van der Waals surface area contributed by atoms with Crippen LogP contribution < -0.4 is 5.56 Å². The van der Waals surface area contributed by atoms with Gasteiger partial charge in [0.15, 0.2) is 0 Å². The van der Waals surface area contributed by atoms with E-state index in [-0.39, 0.29) is 5.56 Å². The van der Waals surface area contributed by atoms with Gasteiger partial charge >= 0.3 is 0 Å². The molecule has 0 spiro atoms. The second-order valence-corrected chi connectivity index (χ2v) is 5.74.